The smallest absolute Gasteiger partial charge is 0.0931 e. The summed E-state index contributed by atoms with van der Waals surface area (Å²) in [5.41, 5.74) is 1.77. The van der Waals surface area contributed by atoms with Crippen molar-refractivity contribution in [3.63, 3.8) is 0 Å². The third-order valence-corrected chi connectivity index (χ3v) is 6.32. The SMILES string of the molecule is CC(C)(C)c1csc(CC2CC(C(C)(C)C)CCC2Cl)n1. The molecular formula is C18H30ClNS. The first-order chi connectivity index (χ1) is 9.57. The van der Waals surface area contributed by atoms with Gasteiger partial charge < -0.3 is 0 Å². The van der Waals surface area contributed by atoms with Crippen LogP contribution in [0.15, 0.2) is 5.38 Å². The summed E-state index contributed by atoms with van der Waals surface area (Å²) in [6.45, 7) is 13.8. The van der Waals surface area contributed by atoms with Crippen molar-refractivity contribution in [2.24, 2.45) is 17.3 Å². The molecule has 1 aromatic rings. The standard InChI is InChI=1S/C18H30ClNS/c1-17(2,3)13-7-8-14(19)12(9-13)10-16-20-15(11-21-16)18(4,5)6/h11-14H,7-10H2,1-6H3. The van der Waals surface area contributed by atoms with Crippen molar-refractivity contribution in [2.45, 2.75) is 78.0 Å². The zero-order valence-electron chi connectivity index (χ0n) is 14.4. The Labute approximate surface area is 139 Å². The quantitative estimate of drug-likeness (QED) is 0.602. The minimum Gasteiger partial charge on any atom is -0.246 e. The van der Waals surface area contributed by atoms with Crippen LogP contribution in [0.5, 0.6) is 0 Å². The average Bonchev–Trinajstić information content (AvgIpc) is 2.79. The van der Waals surface area contributed by atoms with Crippen LogP contribution in [0.2, 0.25) is 0 Å². The highest BCUT2D eigenvalue weighted by atomic mass is 35.5. The number of thiazole rings is 1. The summed E-state index contributed by atoms with van der Waals surface area (Å²) in [5, 5.41) is 3.82. The monoisotopic (exact) mass is 327 g/mol. The topological polar surface area (TPSA) is 12.9 Å². The van der Waals surface area contributed by atoms with Crippen LogP contribution in [0.4, 0.5) is 0 Å². The summed E-state index contributed by atoms with van der Waals surface area (Å²) in [4.78, 5) is 4.86. The zero-order valence-corrected chi connectivity index (χ0v) is 15.9. The fraction of sp³-hybridized carbons (Fsp3) is 0.833. The highest BCUT2D eigenvalue weighted by molar-refractivity contribution is 7.09. The Morgan fingerprint density at radius 2 is 1.86 bits per heavy atom. The van der Waals surface area contributed by atoms with Gasteiger partial charge in [0.05, 0.1) is 10.7 Å². The van der Waals surface area contributed by atoms with Crippen LogP contribution in [-0.2, 0) is 11.8 Å². The molecule has 0 amide bonds. The molecule has 120 valence electrons. The van der Waals surface area contributed by atoms with Crippen molar-refractivity contribution >= 4 is 22.9 Å². The first-order valence-electron chi connectivity index (χ1n) is 8.16. The number of nitrogens with zero attached hydrogens (tertiary/aromatic N) is 1. The Balaban J connectivity index is 2.05. The van der Waals surface area contributed by atoms with Gasteiger partial charge in [-0.15, -0.1) is 22.9 Å². The third-order valence-electron chi connectivity index (χ3n) is 4.87. The van der Waals surface area contributed by atoms with Gasteiger partial charge in [-0.2, -0.15) is 0 Å². The van der Waals surface area contributed by atoms with Crippen molar-refractivity contribution in [3.8, 4) is 0 Å². The van der Waals surface area contributed by atoms with Crippen molar-refractivity contribution in [2.75, 3.05) is 0 Å². The van der Waals surface area contributed by atoms with Crippen LogP contribution in [0.1, 0.15) is 71.5 Å². The molecule has 0 aromatic carbocycles. The van der Waals surface area contributed by atoms with Crippen molar-refractivity contribution in [1.82, 2.24) is 4.98 Å². The summed E-state index contributed by atoms with van der Waals surface area (Å²) in [7, 11) is 0. The van der Waals surface area contributed by atoms with Crippen LogP contribution in [-0.4, -0.2) is 10.4 Å². The number of alkyl halides is 1. The lowest BCUT2D eigenvalue weighted by Gasteiger charge is -2.39. The molecule has 3 unspecified atom stereocenters. The molecule has 1 saturated carbocycles. The summed E-state index contributed by atoms with van der Waals surface area (Å²) < 4.78 is 0. The molecule has 1 aliphatic rings. The number of rotatable bonds is 2. The van der Waals surface area contributed by atoms with Gasteiger partial charge >= 0.3 is 0 Å². The molecule has 1 fully saturated rings. The molecule has 0 spiro atoms. The van der Waals surface area contributed by atoms with Crippen molar-refractivity contribution in [1.29, 1.82) is 0 Å². The lowest BCUT2D eigenvalue weighted by atomic mass is 9.68. The van der Waals surface area contributed by atoms with Gasteiger partial charge in [0.1, 0.15) is 0 Å². The van der Waals surface area contributed by atoms with Gasteiger partial charge in [0.25, 0.3) is 0 Å². The van der Waals surface area contributed by atoms with Gasteiger partial charge in [-0.3, -0.25) is 0 Å². The first-order valence-corrected chi connectivity index (χ1v) is 9.48. The van der Waals surface area contributed by atoms with E-state index in [0.717, 1.165) is 18.8 Å². The zero-order chi connectivity index (χ0) is 15.8. The molecule has 1 aliphatic carbocycles. The van der Waals surface area contributed by atoms with E-state index in [1.807, 2.05) is 11.3 Å². The second-order valence-corrected chi connectivity index (χ2v) is 10.2. The average molecular weight is 328 g/mol. The Hall–Kier alpha value is -0.0800. The summed E-state index contributed by atoms with van der Waals surface area (Å²) in [6, 6.07) is 0. The Bertz CT molecular complexity index is 466. The fourth-order valence-corrected chi connectivity index (χ4v) is 4.63. The van der Waals surface area contributed by atoms with Crippen LogP contribution in [0, 0.1) is 17.3 Å². The molecule has 0 radical (unpaired) electrons. The maximum absolute atomic E-state index is 6.62. The van der Waals surface area contributed by atoms with Gasteiger partial charge in [-0.25, -0.2) is 4.98 Å². The van der Waals surface area contributed by atoms with E-state index in [1.165, 1.54) is 23.5 Å². The van der Waals surface area contributed by atoms with E-state index >= 15 is 0 Å². The number of halogens is 1. The molecule has 3 atom stereocenters. The minimum atomic E-state index is 0.148. The van der Waals surface area contributed by atoms with Gasteiger partial charge in [-0.05, 0) is 36.5 Å². The molecule has 1 aromatic heterocycles. The molecule has 1 heterocycles. The molecule has 2 rings (SSSR count). The second kappa shape index (κ2) is 6.20. The molecule has 21 heavy (non-hydrogen) atoms. The van der Waals surface area contributed by atoms with Crippen molar-refractivity contribution in [3.05, 3.63) is 16.1 Å². The highest BCUT2D eigenvalue weighted by Gasteiger charge is 2.35. The van der Waals surface area contributed by atoms with E-state index in [2.05, 4.69) is 46.9 Å². The van der Waals surface area contributed by atoms with E-state index in [-0.39, 0.29) is 5.41 Å². The second-order valence-electron chi connectivity index (χ2n) is 8.73. The van der Waals surface area contributed by atoms with Gasteiger partial charge in [0, 0.05) is 22.6 Å². The van der Waals surface area contributed by atoms with Crippen LogP contribution >= 0.6 is 22.9 Å². The highest BCUT2D eigenvalue weighted by Crippen LogP contribution is 2.43. The van der Waals surface area contributed by atoms with E-state index in [1.54, 1.807) is 0 Å². The predicted molar refractivity (Wildman–Crippen MR) is 94.4 cm³/mol. The van der Waals surface area contributed by atoms with Gasteiger partial charge in [0.2, 0.25) is 0 Å². The molecule has 0 saturated heterocycles. The Morgan fingerprint density at radius 3 is 2.38 bits per heavy atom. The lowest BCUT2D eigenvalue weighted by molar-refractivity contribution is 0.144. The van der Waals surface area contributed by atoms with Crippen molar-refractivity contribution < 1.29 is 0 Å². The van der Waals surface area contributed by atoms with E-state index in [9.17, 15) is 0 Å². The van der Waals surface area contributed by atoms with Gasteiger partial charge in [-0.1, -0.05) is 41.5 Å². The van der Waals surface area contributed by atoms with Crippen LogP contribution < -0.4 is 0 Å². The Morgan fingerprint density at radius 1 is 1.19 bits per heavy atom. The molecule has 0 aliphatic heterocycles. The predicted octanol–water partition coefficient (Wildman–Crippen LogP) is 6.05. The normalized spacial score (nSPS) is 27.9. The molecule has 0 N–H and O–H groups in total. The summed E-state index contributed by atoms with van der Waals surface area (Å²) in [6.07, 6.45) is 4.74. The fourth-order valence-electron chi connectivity index (χ4n) is 3.20. The lowest BCUT2D eigenvalue weighted by Crippen LogP contribution is -2.33. The maximum atomic E-state index is 6.62. The van der Waals surface area contributed by atoms with E-state index < -0.39 is 0 Å². The molecular weight excluding hydrogens is 298 g/mol. The molecule has 0 bridgehead atoms. The van der Waals surface area contributed by atoms with Crippen LogP contribution in [0.25, 0.3) is 0 Å². The number of hydrogen-bond donors (Lipinski definition) is 0. The van der Waals surface area contributed by atoms with Crippen LogP contribution in [0.3, 0.4) is 0 Å². The largest absolute Gasteiger partial charge is 0.246 e. The molecule has 3 heteroatoms. The molecule has 1 nitrogen and oxygen atoms in total. The number of hydrogen-bond acceptors (Lipinski definition) is 2. The minimum absolute atomic E-state index is 0.148. The maximum Gasteiger partial charge on any atom is 0.0931 e. The Kier molecular flexibility index (Phi) is 5.10. The first kappa shape index (κ1) is 17.3. The third kappa shape index (κ3) is 4.45. The van der Waals surface area contributed by atoms with Gasteiger partial charge in [0.15, 0.2) is 0 Å². The van der Waals surface area contributed by atoms with E-state index in [4.69, 9.17) is 16.6 Å². The number of aromatic nitrogens is 1. The summed E-state index contributed by atoms with van der Waals surface area (Å²) in [5.74, 6) is 1.38. The van der Waals surface area contributed by atoms with E-state index in [0.29, 0.717) is 16.7 Å². The summed E-state index contributed by atoms with van der Waals surface area (Å²) >= 11 is 8.43.